The molecule has 5 fully saturated rings. The molecule has 0 aromatic heterocycles. The highest BCUT2D eigenvalue weighted by Gasteiger charge is 2.59. The Hall–Kier alpha value is -2.00. The number of aliphatic hydroxyl groups excluding tert-OH is 1. The Bertz CT molecular complexity index is 1000. The summed E-state index contributed by atoms with van der Waals surface area (Å²) >= 11 is 0. The lowest BCUT2D eigenvalue weighted by Gasteiger charge is -2.38. The van der Waals surface area contributed by atoms with Crippen molar-refractivity contribution in [3.8, 4) is 0 Å². The van der Waals surface area contributed by atoms with Crippen LogP contribution in [0, 0.1) is 59.2 Å². The fourth-order valence-electron chi connectivity index (χ4n) is 9.02. The van der Waals surface area contributed by atoms with Gasteiger partial charge in [-0.1, -0.05) is 20.3 Å². The molecule has 1 N–H and O–H groups in total. The van der Waals surface area contributed by atoms with Crippen molar-refractivity contribution in [2.24, 2.45) is 59.2 Å². The standard InChI is InChI=1S/C31H46O9/c1-6-17-19(26-24(14-25(17)38-26)28(34)37-10-9-32)8-7-18-16-11-21(23(12-16)30(36)40-31(3,4)5)22(18)13-20-15(2)27(33)39-29(20)35/h15-26,32H,6-14H2,1-5H3. The maximum absolute atomic E-state index is 13.2. The number of carbonyl (C=O) groups is 4. The normalized spacial score (nSPS) is 42.0. The highest BCUT2D eigenvalue weighted by Crippen LogP contribution is 2.60. The average molecular weight is 563 g/mol. The molecule has 3 saturated heterocycles. The molecule has 9 heteroatoms. The minimum absolute atomic E-state index is 0.00472. The monoisotopic (exact) mass is 562 g/mol. The molecule has 40 heavy (non-hydrogen) atoms. The fraction of sp³-hybridized carbons (Fsp3) is 0.871. The van der Waals surface area contributed by atoms with Crippen LogP contribution < -0.4 is 0 Å². The van der Waals surface area contributed by atoms with Crippen molar-refractivity contribution in [2.45, 2.75) is 97.4 Å². The largest absolute Gasteiger partial charge is 0.463 e. The summed E-state index contributed by atoms with van der Waals surface area (Å²) in [6.45, 7) is 9.41. The first-order valence-electron chi connectivity index (χ1n) is 15.3. The number of fused-ring (bicyclic) bond motifs is 4. The van der Waals surface area contributed by atoms with E-state index in [4.69, 9.17) is 24.1 Å². The van der Waals surface area contributed by atoms with E-state index in [0.29, 0.717) is 30.6 Å². The third-order valence-electron chi connectivity index (χ3n) is 10.7. The maximum Gasteiger partial charge on any atom is 0.317 e. The van der Waals surface area contributed by atoms with Gasteiger partial charge in [-0.3, -0.25) is 19.2 Å². The molecule has 3 aliphatic heterocycles. The molecule has 2 aliphatic carbocycles. The lowest BCUT2D eigenvalue weighted by molar-refractivity contribution is -0.163. The molecule has 0 aromatic carbocycles. The Morgan fingerprint density at radius 1 is 0.950 bits per heavy atom. The number of rotatable bonds is 10. The fourth-order valence-corrected chi connectivity index (χ4v) is 9.02. The molecule has 3 heterocycles. The van der Waals surface area contributed by atoms with E-state index in [9.17, 15) is 19.2 Å². The Kier molecular flexibility index (Phi) is 8.37. The molecule has 9 nitrogen and oxygen atoms in total. The lowest BCUT2D eigenvalue weighted by atomic mass is 9.65. The summed E-state index contributed by atoms with van der Waals surface area (Å²) in [5.74, 6) is -1.17. The van der Waals surface area contributed by atoms with E-state index >= 15 is 0 Å². The summed E-state index contributed by atoms with van der Waals surface area (Å²) in [5.41, 5.74) is -0.560. The van der Waals surface area contributed by atoms with Gasteiger partial charge in [0, 0.05) is 0 Å². The second-order valence-corrected chi connectivity index (χ2v) is 13.9. The van der Waals surface area contributed by atoms with Gasteiger partial charge in [-0.15, -0.1) is 0 Å². The van der Waals surface area contributed by atoms with Crippen molar-refractivity contribution in [1.29, 1.82) is 0 Å². The maximum atomic E-state index is 13.2. The highest BCUT2D eigenvalue weighted by molar-refractivity contribution is 5.96. The molecule has 0 aromatic rings. The van der Waals surface area contributed by atoms with Gasteiger partial charge < -0.3 is 24.1 Å². The van der Waals surface area contributed by atoms with Crippen LogP contribution in [-0.4, -0.2) is 60.0 Å². The smallest absolute Gasteiger partial charge is 0.317 e. The van der Waals surface area contributed by atoms with Crippen molar-refractivity contribution in [3.63, 3.8) is 0 Å². The Morgan fingerprint density at radius 3 is 2.30 bits per heavy atom. The molecule has 5 rings (SSSR count). The van der Waals surface area contributed by atoms with Crippen LogP contribution in [0.25, 0.3) is 0 Å². The van der Waals surface area contributed by atoms with E-state index in [1.807, 2.05) is 20.8 Å². The van der Waals surface area contributed by atoms with Gasteiger partial charge >= 0.3 is 23.9 Å². The molecule has 0 amide bonds. The zero-order valence-electron chi connectivity index (χ0n) is 24.5. The molecule has 224 valence electrons. The van der Waals surface area contributed by atoms with E-state index in [1.54, 1.807) is 6.92 Å². The molecule has 4 bridgehead atoms. The van der Waals surface area contributed by atoms with Crippen LogP contribution in [0.3, 0.4) is 0 Å². The number of ether oxygens (including phenoxy) is 4. The summed E-state index contributed by atoms with van der Waals surface area (Å²) in [7, 11) is 0. The van der Waals surface area contributed by atoms with Crippen LogP contribution in [0.15, 0.2) is 0 Å². The second kappa shape index (κ2) is 11.3. The molecule has 0 spiro atoms. The van der Waals surface area contributed by atoms with Gasteiger partial charge in [-0.25, -0.2) is 0 Å². The molecule has 12 atom stereocenters. The predicted molar refractivity (Wildman–Crippen MR) is 142 cm³/mol. The van der Waals surface area contributed by atoms with E-state index < -0.39 is 29.4 Å². The number of hydrogen-bond donors (Lipinski definition) is 1. The van der Waals surface area contributed by atoms with E-state index in [0.717, 1.165) is 32.1 Å². The van der Waals surface area contributed by atoms with Crippen LogP contribution in [0.5, 0.6) is 0 Å². The molecule has 5 aliphatic rings. The summed E-state index contributed by atoms with van der Waals surface area (Å²) < 4.78 is 22.4. The van der Waals surface area contributed by atoms with E-state index in [1.165, 1.54) is 0 Å². The topological polar surface area (TPSA) is 125 Å². The zero-order chi connectivity index (χ0) is 28.9. The zero-order valence-corrected chi connectivity index (χ0v) is 24.5. The van der Waals surface area contributed by atoms with Crippen molar-refractivity contribution >= 4 is 23.9 Å². The lowest BCUT2D eigenvalue weighted by Crippen LogP contribution is -2.40. The molecule has 12 unspecified atom stereocenters. The third-order valence-corrected chi connectivity index (χ3v) is 10.7. The quantitative estimate of drug-likeness (QED) is 0.241. The first kappa shape index (κ1) is 29.5. The number of carbonyl (C=O) groups excluding carboxylic acids is 4. The van der Waals surface area contributed by atoms with Crippen molar-refractivity contribution in [3.05, 3.63) is 0 Å². The number of aliphatic hydroxyl groups is 1. The summed E-state index contributed by atoms with van der Waals surface area (Å²) in [6, 6.07) is 0. The van der Waals surface area contributed by atoms with Gasteiger partial charge in [0.2, 0.25) is 0 Å². The minimum Gasteiger partial charge on any atom is -0.463 e. The first-order chi connectivity index (χ1) is 18.9. The van der Waals surface area contributed by atoms with E-state index in [-0.39, 0.29) is 66.9 Å². The highest BCUT2D eigenvalue weighted by atomic mass is 16.6. The second-order valence-electron chi connectivity index (χ2n) is 13.9. The number of cyclic esters (lactones) is 2. The Labute approximate surface area is 237 Å². The van der Waals surface area contributed by atoms with Gasteiger partial charge in [-0.2, -0.15) is 0 Å². The van der Waals surface area contributed by atoms with Crippen LogP contribution in [0.1, 0.15) is 79.6 Å². The summed E-state index contributed by atoms with van der Waals surface area (Å²) in [5, 5.41) is 9.08. The molecular formula is C31H46O9. The van der Waals surface area contributed by atoms with Gasteiger partial charge in [0.1, 0.15) is 12.2 Å². The molecule has 2 saturated carbocycles. The number of esters is 4. The van der Waals surface area contributed by atoms with E-state index in [2.05, 4.69) is 6.92 Å². The van der Waals surface area contributed by atoms with Crippen LogP contribution in [0.2, 0.25) is 0 Å². The van der Waals surface area contributed by atoms with Crippen molar-refractivity contribution in [2.75, 3.05) is 13.2 Å². The third kappa shape index (κ3) is 5.44. The summed E-state index contributed by atoms with van der Waals surface area (Å²) in [6.07, 6.45) is 5.67. The van der Waals surface area contributed by atoms with Crippen LogP contribution in [-0.2, 0) is 38.1 Å². The Morgan fingerprint density at radius 2 is 1.68 bits per heavy atom. The van der Waals surface area contributed by atoms with Crippen LogP contribution in [0.4, 0.5) is 0 Å². The van der Waals surface area contributed by atoms with Gasteiger partial charge in [0.15, 0.2) is 0 Å². The van der Waals surface area contributed by atoms with Gasteiger partial charge in [-0.05, 0) is 94.8 Å². The minimum atomic E-state index is -0.560. The van der Waals surface area contributed by atoms with Crippen molar-refractivity contribution in [1.82, 2.24) is 0 Å². The number of hydrogen-bond acceptors (Lipinski definition) is 9. The predicted octanol–water partition coefficient (Wildman–Crippen LogP) is 3.69. The van der Waals surface area contributed by atoms with Crippen molar-refractivity contribution < 1.29 is 43.2 Å². The van der Waals surface area contributed by atoms with Crippen LogP contribution >= 0.6 is 0 Å². The van der Waals surface area contributed by atoms with Gasteiger partial charge in [0.05, 0.1) is 42.5 Å². The first-order valence-corrected chi connectivity index (χ1v) is 15.3. The van der Waals surface area contributed by atoms with Gasteiger partial charge in [0.25, 0.3) is 0 Å². The average Bonchev–Trinajstić information content (AvgIpc) is 3.69. The Balaban J connectivity index is 1.31. The molecular weight excluding hydrogens is 516 g/mol. The SMILES string of the molecule is CCC1C2CC(C(=O)OCCO)C(O2)C1CCC1C2CC(C(=O)OC(C)(C)C)C(C2)C1CC1C(=O)OC(=O)C1C. The summed E-state index contributed by atoms with van der Waals surface area (Å²) in [4.78, 5) is 50.6. The molecule has 0 radical (unpaired) electrons.